The number of sulfone groups is 1. The number of carboxylic acid groups (broad SMARTS) is 1. The number of ether oxygens (including phenoxy) is 1. The summed E-state index contributed by atoms with van der Waals surface area (Å²) in [6.07, 6.45) is -1.44. The van der Waals surface area contributed by atoms with Crippen LogP contribution >= 0.6 is 0 Å². The molecule has 0 aliphatic heterocycles. The molecular formula is C16H16NO5S-. The fourth-order valence-electron chi connectivity index (χ4n) is 2.13. The standard InChI is InChI=1S/C16H17NO5S/c1-3-23(20,21)13-10-8-12(9-11-13)17(16(18)19)14-6-4-5-7-15(14)22-2/h4-11H,3H2,1-2H3,(H,18,19)/p-1. The van der Waals surface area contributed by atoms with Crippen molar-refractivity contribution < 1.29 is 23.1 Å². The molecule has 6 nitrogen and oxygen atoms in total. The number of para-hydroxylation sites is 2. The van der Waals surface area contributed by atoms with Crippen LogP contribution in [0.3, 0.4) is 0 Å². The van der Waals surface area contributed by atoms with Gasteiger partial charge in [-0.3, -0.25) is 4.90 Å². The molecule has 0 aromatic heterocycles. The fourth-order valence-corrected chi connectivity index (χ4v) is 3.01. The number of amides is 1. The van der Waals surface area contributed by atoms with Gasteiger partial charge in [0.05, 0.1) is 23.4 Å². The van der Waals surface area contributed by atoms with Crippen LogP contribution in [-0.4, -0.2) is 27.4 Å². The Labute approximate surface area is 134 Å². The maximum Gasteiger partial charge on any atom is 0.178 e. The molecule has 0 atom stereocenters. The number of hydrogen-bond donors (Lipinski definition) is 0. The number of benzene rings is 2. The minimum Gasteiger partial charge on any atom is -0.529 e. The normalized spacial score (nSPS) is 11.0. The van der Waals surface area contributed by atoms with Gasteiger partial charge in [-0.15, -0.1) is 0 Å². The molecule has 0 unspecified atom stereocenters. The van der Waals surface area contributed by atoms with E-state index in [4.69, 9.17) is 4.74 Å². The van der Waals surface area contributed by atoms with Crippen molar-refractivity contribution in [1.82, 2.24) is 0 Å². The topological polar surface area (TPSA) is 86.7 Å². The lowest BCUT2D eigenvalue weighted by Crippen LogP contribution is -2.38. The lowest BCUT2D eigenvalue weighted by molar-refractivity contribution is -0.245. The van der Waals surface area contributed by atoms with Crippen LogP contribution in [0.1, 0.15) is 6.92 Å². The van der Waals surface area contributed by atoms with Crippen molar-refractivity contribution in [3.63, 3.8) is 0 Å². The van der Waals surface area contributed by atoms with Gasteiger partial charge in [0.2, 0.25) is 0 Å². The van der Waals surface area contributed by atoms with Gasteiger partial charge in [-0.1, -0.05) is 19.1 Å². The van der Waals surface area contributed by atoms with Crippen LogP contribution in [0.5, 0.6) is 5.75 Å². The summed E-state index contributed by atoms with van der Waals surface area (Å²) in [5, 5.41) is 11.5. The zero-order valence-corrected chi connectivity index (χ0v) is 13.5. The monoisotopic (exact) mass is 334 g/mol. The van der Waals surface area contributed by atoms with Gasteiger partial charge in [0, 0.05) is 5.69 Å². The minimum atomic E-state index is -3.34. The second-order valence-electron chi connectivity index (χ2n) is 4.67. The summed E-state index contributed by atoms with van der Waals surface area (Å²) in [5.41, 5.74) is 0.561. The fraction of sp³-hybridized carbons (Fsp3) is 0.188. The summed E-state index contributed by atoms with van der Waals surface area (Å²) in [5.74, 6) is 0.338. The van der Waals surface area contributed by atoms with Crippen LogP contribution in [0.25, 0.3) is 0 Å². The molecule has 0 aliphatic carbocycles. The van der Waals surface area contributed by atoms with Crippen LogP contribution in [0.2, 0.25) is 0 Å². The molecule has 0 fully saturated rings. The summed E-state index contributed by atoms with van der Waals surface area (Å²) < 4.78 is 28.8. The maximum atomic E-state index is 11.8. The Bertz CT molecular complexity index is 799. The summed E-state index contributed by atoms with van der Waals surface area (Å²) >= 11 is 0. The van der Waals surface area contributed by atoms with E-state index in [1.807, 2.05) is 0 Å². The molecule has 2 aromatic carbocycles. The van der Waals surface area contributed by atoms with E-state index < -0.39 is 15.9 Å². The van der Waals surface area contributed by atoms with Gasteiger partial charge in [-0.05, 0) is 36.4 Å². The first kappa shape index (κ1) is 16.8. The molecule has 0 N–H and O–H groups in total. The van der Waals surface area contributed by atoms with Crippen molar-refractivity contribution >= 4 is 27.3 Å². The van der Waals surface area contributed by atoms with E-state index in [-0.39, 0.29) is 16.3 Å². The summed E-state index contributed by atoms with van der Waals surface area (Å²) in [4.78, 5) is 12.6. The van der Waals surface area contributed by atoms with Crippen molar-refractivity contribution in [2.45, 2.75) is 11.8 Å². The van der Waals surface area contributed by atoms with E-state index >= 15 is 0 Å². The predicted molar refractivity (Wildman–Crippen MR) is 84.7 cm³/mol. The molecule has 122 valence electrons. The number of carbonyl (C=O) groups is 1. The SMILES string of the molecule is CCS(=O)(=O)c1ccc(N(C(=O)[O-])c2ccccc2OC)cc1. The third-order valence-electron chi connectivity index (χ3n) is 3.34. The predicted octanol–water partition coefficient (Wildman–Crippen LogP) is 1.97. The van der Waals surface area contributed by atoms with E-state index in [9.17, 15) is 18.3 Å². The Morgan fingerprint density at radius 1 is 1.13 bits per heavy atom. The molecule has 2 rings (SSSR count). The molecule has 0 aliphatic rings. The van der Waals surface area contributed by atoms with E-state index in [1.54, 1.807) is 31.2 Å². The highest BCUT2D eigenvalue weighted by Gasteiger charge is 2.17. The van der Waals surface area contributed by atoms with E-state index in [2.05, 4.69) is 0 Å². The Kier molecular flexibility index (Phi) is 4.90. The van der Waals surface area contributed by atoms with E-state index in [0.29, 0.717) is 11.4 Å². The van der Waals surface area contributed by atoms with Crippen molar-refractivity contribution in [3.8, 4) is 5.75 Å². The Hall–Kier alpha value is -2.54. The molecule has 0 bridgehead atoms. The smallest absolute Gasteiger partial charge is 0.178 e. The second-order valence-corrected chi connectivity index (χ2v) is 6.95. The number of nitrogens with zero attached hydrogens (tertiary/aromatic N) is 1. The highest BCUT2D eigenvalue weighted by Crippen LogP contribution is 2.33. The summed E-state index contributed by atoms with van der Waals surface area (Å²) in [6.45, 7) is 1.55. The van der Waals surface area contributed by atoms with Crippen LogP contribution in [0.15, 0.2) is 53.4 Å². The lowest BCUT2D eigenvalue weighted by atomic mass is 10.2. The molecular weight excluding hydrogens is 318 g/mol. The third kappa shape index (κ3) is 3.45. The van der Waals surface area contributed by atoms with E-state index in [0.717, 1.165) is 4.90 Å². The summed E-state index contributed by atoms with van der Waals surface area (Å²) in [7, 11) is -1.91. The number of hydrogen-bond acceptors (Lipinski definition) is 5. The van der Waals surface area contributed by atoms with Gasteiger partial charge >= 0.3 is 0 Å². The number of carbonyl (C=O) groups excluding carboxylic acids is 1. The minimum absolute atomic E-state index is 0.0247. The Morgan fingerprint density at radius 2 is 1.74 bits per heavy atom. The Balaban J connectivity index is 2.49. The first-order valence-electron chi connectivity index (χ1n) is 6.87. The number of methoxy groups -OCH3 is 1. The third-order valence-corrected chi connectivity index (χ3v) is 5.09. The van der Waals surface area contributed by atoms with Crippen LogP contribution in [0, 0.1) is 0 Å². The quantitative estimate of drug-likeness (QED) is 0.834. The molecule has 2 aromatic rings. The van der Waals surface area contributed by atoms with Gasteiger partial charge in [0.1, 0.15) is 11.8 Å². The van der Waals surface area contributed by atoms with Crippen LogP contribution < -0.4 is 14.7 Å². The molecule has 23 heavy (non-hydrogen) atoms. The van der Waals surface area contributed by atoms with Crippen molar-refractivity contribution in [2.75, 3.05) is 17.8 Å². The Morgan fingerprint density at radius 3 is 2.26 bits per heavy atom. The lowest BCUT2D eigenvalue weighted by Gasteiger charge is -2.26. The van der Waals surface area contributed by atoms with Gasteiger partial charge in [-0.2, -0.15) is 0 Å². The molecule has 0 radical (unpaired) electrons. The van der Waals surface area contributed by atoms with E-state index in [1.165, 1.54) is 31.4 Å². The van der Waals surface area contributed by atoms with Gasteiger partial charge in [0.25, 0.3) is 0 Å². The molecule has 7 heteroatoms. The molecule has 0 saturated heterocycles. The molecule has 0 saturated carbocycles. The van der Waals surface area contributed by atoms with Gasteiger partial charge < -0.3 is 14.6 Å². The zero-order chi connectivity index (χ0) is 17.0. The first-order chi connectivity index (χ1) is 10.9. The average molecular weight is 334 g/mol. The second kappa shape index (κ2) is 6.70. The highest BCUT2D eigenvalue weighted by molar-refractivity contribution is 7.91. The van der Waals surface area contributed by atoms with Crippen molar-refractivity contribution in [1.29, 1.82) is 0 Å². The summed E-state index contributed by atoms with van der Waals surface area (Å²) in [6, 6.07) is 12.2. The molecule has 1 amide bonds. The number of anilines is 2. The van der Waals surface area contributed by atoms with Gasteiger partial charge in [-0.25, -0.2) is 8.42 Å². The van der Waals surface area contributed by atoms with Crippen LogP contribution in [0.4, 0.5) is 16.2 Å². The average Bonchev–Trinajstić information content (AvgIpc) is 2.55. The molecule has 0 spiro atoms. The largest absolute Gasteiger partial charge is 0.529 e. The zero-order valence-electron chi connectivity index (χ0n) is 12.7. The highest BCUT2D eigenvalue weighted by atomic mass is 32.2. The van der Waals surface area contributed by atoms with Crippen molar-refractivity contribution in [3.05, 3.63) is 48.5 Å². The van der Waals surface area contributed by atoms with Crippen LogP contribution in [-0.2, 0) is 9.84 Å². The van der Waals surface area contributed by atoms with Crippen molar-refractivity contribution in [2.24, 2.45) is 0 Å². The molecule has 0 heterocycles. The van der Waals surface area contributed by atoms with Gasteiger partial charge in [0.15, 0.2) is 9.84 Å². The maximum absolute atomic E-state index is 11.8. The first-order valence-corrected chi connectivity index (χ1v) is 8.53. The number of rotatable bonds is 5.